The van der Waals surface area contributed by atoms with Crippen LogP contribution in [0, 0.1) is 0 Å². The zero-order chi connectivity index (χ0) is 15.6. The molecule has 0 aliphatic carbocycles. The zero-order valence-corrected chi connectivity index (χ0v) is 12.5. The molecular weight excluding hydrogens is 268 g/mol. The van der Waals surface area contributed by atoms with E-state index in [1.807, 2.05) is 13.0 Å². The summed E-state index contributed by atoms with van der Waals surface area (Å²) < 4.78 is 1.51. The molecule has 0 atom stereocenters. The number of amides is 1. The molecule has 112 valence electrons. The molecular formula is C15H20N4O2. The smallest absolute Gasteiger partial charge is 0.274 e. The van der Waals surface area contributed by atoms with Gasteiger partial charge < -0.3 is 15.7 Å². The Labute approximate surface area is 123 Å². The zero-order valence-electron chi connectivity index (χ0n) is 12.5. The van der Waals surface area contributed by atoms with Crippen molar-refractivity contribution in [2.24, 2.45) is 7.05 Å². The van der Waals surface area contributed by atoms with Gasteiger partial charge in [0, 0.05) is 26.2 Å². The highest BCUT2D eigenvalue weighted by molar-refractivity contribution is 5.97. The minimum absolute atomic E-state index is 0.171. The Bertz CT molecular complexity index is 664. The maximum absolute atomic E-state index is 12.5. The molecule has 6 heteroatoms. The average molecular weight is 288 g/mol. The first-order chi connectivity index (χ1) is 9.95. The van der Waals surface area contributed by atoms with E-state index in [0.29, 0.717) is 29.9 Å². The first kappa shape index (κ1) is 14.9. The standard InChI is InChI=1S/C15H20N4O2/c1-4-11-13(16)14(19(3)17-11)15(21)18(2)9-10-7-5-6-8-12(10)20/h5-8,20H,4,9,16H2,1-3H3. The molecule has 1 aromatic heterocycles. The van der Waals surface area contributed by atoms with Crippen LogP contribution in [0.3, 0.4) is 0 Å². The molecule has 3 N–H and O–H groups in total. The SMILES string of the molecule is CCc1nn(C)c(C(=O)N(C)Cc2ccccc2O)c1N. The molecule has 0 spiro atoms. The van der Waals surface area contributed by atoms with Crippen LogP contribution in [0.5, 0.6) is 5.75 Å². The number of hydrogen-bond donors (Lipinski definition) is 2. The van der Waals surface area contributed by atoms with Crippen LogP contribution in [0.1, 0.15) is 28.7 Å². The fraction of sp³-hybridized carbons (Fsp3) is 0.333. The van der Waals surface area contributed by atoms with Gasteiger partial charge in [0.25, 0.3) is 5.91 Å². The van der Waals surface area contributed by atoms with Gasteiger partial charge in [0.05, 0.1) is 11.4 Å². The average Bonchev–Trinajstić information content (AvgIpc) is 2.75. The van der Waals surface area contributed by atoms with E-state index in [-0.39, 0.29) is 11.7 Å². The van der Waals surface area contributed by atoms with Crippen molar-refractivity contribution >= 4 is 11.6 Å². The molecule has 0 saturated carbocycles. The fourth-order valence-electron chi connectivity index (χ4n) is 2.26. The van der Waals surface area contributed by atoms with Gasteiger partial charge in [-0.25, -0.2) is 0 Å². The molecule has 0 bridgehead atoms. The first-order valence-corrected chi connectivity index (χ1v) is 6.79. The van der Waals surface area contributed by atoms with Crippen LogP contribution in [0.25, 0.3) is 0 Å². The van der Waals surface area contributed by atoms with Gasteiger partial charge in [-0.15, -0.1) is 0 Å². The molecule has 21 heavy (non-hydrogen) atoms. The van der Waals surface area contributed by atoms with Gasteiger partial charge in [0.2, 0.25) is 0 Å². The summed E-state index contributed by atoms with van der Waals surface area (Å²) in [5.41, 5.74) is 8.21. The van der Waals surface area contributed by atoms with Crippen LogP contribution in [0.15, 0.2) is 24.3 Å². The van der Waals surface area contributed by atoms with E-state index in [4.69, 9.17) is 5.73 Å². The number of para-hydroxylation sites is 1. The molecule has 0 saturated heterocycles. The Kier molecular flexibility index (Phi) is 4.16. The lowest BCUT2D eigenvalue weighted by molar-refractivity contribution is 0.0774. The largest absolute Gasteiger partial charge is 0.508 e. The molecule has 0 unspecified atom stereocenters. The predicted octanol–water partition coefficient (Wildman–Crippen LogP) is 1.54. The Morgan fingerprint density at radius 1 is 1.43 bits per heavy atom. The minimum atomic E-state index is -0.217. The van der Waals surface area contributed by atoms with Crippen LogP contribution in [0.2, 0.25) is 0 Å². The van der Waals surface area contributed by atoms with Crippen molar-refractivity contribution in [3.63, 3.8) is 0 Å². The van der Waals surface area contributed by atoms with E-state index in [1.165, 1.54) is 9.58 Å². The topological polar surface area (TPSA) is 84.4 Å². The van der Waals surface area contributed by atoms with Gasteiger partial charge in [-0.2, -0.15) is 5.10 Å². The molecule has 6 nitrogen and oxygen atoms in total. The third-order valence-electron chi connectivity index (χ3n) is 3.44. The highest BCUT2D eigenvalue weighted by Crippen LogP contribution is 2.21. The van der Waals surface area contributed by atoms with E-state index in [1.54, 1.807) is 32.3 Å². The summed E-state index contributed by atoms with van der Waals surface area (Å²) in [4.78, 5) is 14.1. The van der Waals surface area contributed by atoms with Gasteiger partial charge in [0.1, 0.15) is 11.4 Å². The number of benzene rings is 1. The maximum atomic E-state index is 12.5. The molecule has 2 rings (SSSR count). The Hall–Kier alpha value is -2.50. The second-order valence-corrected chi connectivity index (χ2v) is 4.98. The molecule has 0 aliphatic heterocycles. The Morgan fingerprint density at radius 2 is 2.10 bits per heavy atom. The lowest BCUT2D eigenvalue weighted by atomic mass is 10.2. The number of hydrogen-bond acceptors (Lipinski definition) is 4. The summed E-state index contributed by atoms with van der Waals surface area (Å²) in [6.45, 7) is 2.25. The number of phenols is 1. The summed E-state index contributed by atoms with van der Waals surface area (Å²) in [6.07, 6.45) is 0.677. The number of aromatic hydroxyl groups is 1. The van der Waals surface area contributed by atoms with Gasteiger partial charge >= 0.3 is 0 Å². The van der Waals surface area contributed by atoms with E-state index < -0.39 is 0 Å². The van der Waals surface area contributed by atoms with E-state index in [9.17, 15) is 9.90 Å². The Morgan fingerprint density at radius 3 is 2.67 bits per heavy atom. The lowest BCUT2D eigenvalue weighted by Gasteiger charge is -2.18. The van der Waals surface area contributed by atoms with Crippen molar-refractivity contribution in [2.75, 3.05) is 12.8 Å². The molecule has 2 aromatic rings. The lowest BCUT2D eigenvalue weighted by Crippen LogP contribution is -2.28. The van der Waals surface area contributed by atoms with Gasteiger partial charge in [-0.1, -0.05) is 25.1 Å². The number of aromatic nitrogens is 2. The second kappa shape index (κ2) is 5.87. The fourth-order valence-corrected chi connectivity index (χ4v) is 2.26. The van der Waals surface area contributed by atoms with Gasteiger partial charge in [-0.3, -0.25) is 9.48 Å². The number of aryl methyl sites for hydroxylation is 2. The quantitative estimate of drug-likeness (QED) is 0.894. The van der Waals surface area contributed by atoms with Crippen LogP contribution in [0.4, 0.5) is 5.69 Å². The number of phenolic OH excluding ortho intramolecular Hbond substituents is 1. The van der Waals surface area contributed by atoms with E-state index >= 15 is 0 Å². The number of nitrogens with zero attached hydrogens (tertiary/aromatic N) is 3. The molecule has 0 aliphatic rings. The highest BCUT2D eigenvalue weighted by atomic mass is 16.3. The van der Waals surface area contributed by atoms with Crippen molar-refractivity contribution in [1.82, 2.24) is 14.7 Å². The number of carbonyl (C=O) groups is 1. The predicted molar refractivity (Wildman–Crippen MR) is 80.9 cm³/mol. The number of anilines is 1. The van der Waals surface area contributed by atoms with Crippen LogP contribution < -0.4 is 5.73 Å². The van der Waals surface area contributed by atoms with Gasteiger partial charge in [0.15, 0.2) is 0 Å². The molecule has 0 radical (unpaired) electrons. The number of nitrogen functional groups attached to an aromatic ring is 1. The highest BCUT2D eigenvalue weighted by Gasteiger charge is 2.22. The summed E-state index contributed by atoms with van der Waals surface area (Å²) in [5, 5.41) is 14.0. The number of rotatable bonds is 4. The van der Waals surface area contributed by atoms with Crippen molar-refractivity contribution in [1.29, 1.82) is 0 Å². The summed E-state index contributed by atoms with van der Waals surface area (Å²) in [5.74, 6) is -0.0465. The summed E-state index contributed by atoms with van der Waals surface area (Å²) >= 11 is 0. The second-order valence-electron chi connectivity index (χ2n) is 4.98. The normalized spacial score (nSPS) is 10.6. The third-order valence-corrected chi connectivity index (χ3v) is 3.44. The van der Waals surface area contributed by atoms with Crippen LogP contribution >= 0.6 is 0 Å². The molecule has 1 aromatic carbocycles. The monoisotopic (exact) mass is 288 g/mol. The van der Waals surface area contributed by atoms with E-state index in [2.05, 4.69) is 5.10 Å². The van der Waals surface area contributed by atoms with E-state index in [0.717, 1.165) is 5.69 Å². The summed E-state index contributed by atoms with van der Waals surface area (Å²) in [7, 11) is 3.38. The maximum Gasteiger partial charge on any atom is 0.274 e. The molecule has 1 amide bonds. The Balaban J connectivity index is 2.24. The third kappa shape index (κ3) is 2.84. The summed E-state index contributed by atoms with van der Waals surface area (Å²) in [6, 6.07) is 6.94. The van der Waals surface area contributed by atoms with Gasteiger partial charge in [-0.05, 0) is 12.5 Å². The van der Waals surface area contributed by atoms with Crippen molar-refractivity contribution < 1.29 is 9.90 Å². The van der Waals surface area contributed by atoms with Crippen LogP contribution in [-0.2, 0) is 20.0 Å². The van der Waals surface area contributed by atoms with Crippen LogP contribution in [-0.4, -0.2) is 32.7 Å². The number of carbonyl (C=O) groups excluding carboxylic acids is 1. The van der Waals surface area contributed by atoms with Crippen molar-refractivity contribution in [3.05, 3.63) is 41.2 Å². The number of nitrogens with two attached hydrogens (primary N) is 1. The van der Waals surface area contributed by atoms with Crippen molar-refractivity contribution in [3.8, 4) is 5.75 Å². The first-order valence-electron chi connectivity index (χ1n) is 6.79. The van der Waals surface area contributed by atoms with Crippen molar-refractivity contribution in [2.45, 2.75) is 19.9 Å². The molecule has 0 fully saturated rings. The minimum Gasteiger partial charge on any atom is -0.508 e. The molecule has 1 heterocycles.